The van der Waals surface area contributed by atoms with Gasteiger partial charge in [0.25, 0.3) is 21.8 Å². The number of para-hydroxylation sites is 2. The number of fused-ring (bicyclic) bond motifs is 1. The fraction of sp³-hybridized carbons (Fsp3) is 0.231. The summed E-state index contributed by atoms with van der Waals surface area (Å²) >= 11 is 0. The summed E-state index contributed by atoms with van der Waals surface area (Å²) in [6, 6.07) is 20.2. The molecule has 1 atom stereocenters. The van der Waals surface area contributed by atoms with Crippen LogP contribution in [0.15, 0.2) is 77.7 Å². The number of amides is 2. The molecule has 2 N–H and O–H groups in total. The Morgan fingerprint density at radius 2 is 1.75 bits per heavy atom. The number of rotatable bonds is 8. The summed E-state index contributed by atoms with van der Waals surface area (Å²) in [5.41, 5.74) is 1.36. The number of ether oxygens (including phenoxy) is 2. The highest BCUT2D eigenvalue weighted by atomic mass is 32.2. The van der Waals surface area contributed by atoms with Gasteiger partial charge < -0.3 is 20.1 Å². The van der Waals surface area contributed by atoms with Gasteiger partial charge in [0, 0.05) is 18.7 Å². The number of methoxy groups -OCH3 is 1. The van der Waals surface area contributed by atoms with Gasteiger partial charge in [-0.1, -0.05) is 42.5 Å². The first kappa shape index (κ1) is 25.1. The van der Waals surface area contributed by atoms with Crippen LogP contribution in [-0.2, 0) is 21.4 Å². The molecule has 0 radical (unpaired) electrons. The molecule has 10 heteroatoms. The normalized spacial score (nSPS) is 14.8. The maximum atomic E-state index is 13.9. The van der Waals surface area contributed by atoms with Crippen molar-refractivity contribution in [2.45, 2.75) is 24.5 Å². The van der Waals surface area contributed by atoms with Gasteiger partial charge >= 0.3 is 0 Å². The number of hydrogen-bond acceptors (Lipinski definition) is 6. The Kier molecular flexibility index (Phi) is 7.44. The van der Waals surface area contributed by atoms with Crippen LogP contribution < -0.4 is 24.4 Å². The van der Waals surface area contributed by atoms with Crippen molar-refractivity contribution in [2.75, 3.05) is 24.5 Å². The van der Waals surface area contributed by atoms with Crippen molar-refractivity contribution < 1.29 is 27.5 Å². The lowest BCUT2D eigenvalue weighted by atomic mass is 10.2. The number of carbonyl (C=O) groups excluding carboxylic acids is 2. The standard InChI is InChI=1S/C26H27N3O6S/c1-3-27-25(30)19-13-14-22(34-2)24(15-19)36(32,33)29-17-23(35-21-12-8-7-11-20(21)29)26(31)28-16-18-9-5-4-6-10-18/h4-15,23H,3,16-17H2,1-2H3,(H,27,30)(H,28,31). The van der Waals surface area contributed by atoms with E-state index in [9.17, 15) is 18.0 Å². The van der Waals surface area contributed by atoms with E-state index in [-0.39, 0.29) is 40.7 Å². The Hall–Kier alpha value is -4.05. The molecule has 1 heterocycles. The molecule has 0 aliphatic carbocycles. The van der Waals surface area contributed by atoms with Crippen LogP contribution in [0.25, 0.3) is 0 Å². The van der Waals surface area contributed by atoms with Gasteiger partial charge in [-0.25, -0.2) is 8.42 Å². The van der Waals surface area contributed by atoms with Crippen LogP contribution in [0.3, 0.4) is 0 Å². The van der Waals surface area contributed by atoms with E-state index in [4.69, 9.17) is 9.47 Å². The lowest BCUT2D eigenvalue weighted by Crippen LogP contribution is -2.50. The van der Waals surface area contributed by atoms with Crippen molar-refractivity contribution in [3.05, 3.63) is 83.9 Å². The molecule has 1 aliphatic heterocycles. The molecule has 0 bridgehead atoms. The predicted octanol–water partition coefficient (Wildman–Crippen LogP) is 2.72. The maximum Gasteiger partial charge on any atom is 0.268 e. The lowest BCUT2D eigenvalue weighted by Gasteiger charge is -2.35. The number of nitrogens with one attached hydrogen (secondary N) is 2. The topological polar surface area (TPSA) is 114 Å². The number of benzene rings is 3. The maximum absolute atomic E-state index is 13.9. The number of anilines is 1. The van der Waals surface area contributed by atoms with Crippen LogP contribution >= 0.6 is 0 Å². The van der Waals surface area contributed by atoms with Gasteiger partial charge in [0.05, 0.1) is 19.3 Å². The zero-order valence-electron chi connectivity index (χ0n) is 19.9. The van der Waals surface area contributed by atoms with Crippen molar-refractivity contribution in [1.29, 1.82) is 0 Å². The number of sulfonamides is 1. The minimum absolute atomic E-state index is 0.0806. The monoisotopic (exact) mass is 509 g/mol. The number of hydrogen-bond donors (Lipinski definition) is 2. The lowest BCUT2D eigenvalue weighted by molar-refractivity contribution is -0.127. The summed E-state index contributed by atoms with van der Waals surface area (Å²) in [6.07, 6.45) is -1.09. The van der Waals surface area contributed by atoms with E-state index in [0.29, 0.717) is 6.54 Å². The predicted molar refractivity (Wildman–Crippen MR) is 135 cm³/mol. The zero-order chi connectivity index (χ0) is 25.7. The van der Waals surface area contributed by atoms with Gasteiger partial charge in [-0.15, -0.1) is 0 Å². The fourth-order valence-corrected chi connectivity index (χ4v) is 5.53. The SMILES string of the molecule is CCNC(=O)c1ccc(OC)c(S(=O)(=O)N2CC(C(=O)NCc3ccccc3)Oc3ccccc32)c1. The molecule has 3 aromatic carbocycles. The minimum Gasteiger partial charge on any atom is -0.495 e. The van der Waals surface area contributed by atoms with Gasteiger partial charge in [-0.2, -0.15) is 0 Å². The van der Waals surface area contributed by atoms with Crippen LogP contribution in [0.5, 0.6) is 11.5 Å². The van der Waals surface area contributed by atoms with Crippen LogP contribution in [0, 0.1) is 0 Å². The van der Waals surface area contributed by atoms with E-state index in [1.807, 2.05) is 30.3 Å². The average Bonchev–Trinajstić information content (AvgIpc) is 2.91. The van der Waals surface area contributed by atoms with E-state index in [1.54, 1.807) is 31.2 Å². The summed E-state index contributed by atoms with van der Waals surface area (Å²) < 4.78 is 40.2. The second kappa shape index (κ2) is 10.7. The van der Waals surface area contributed by atoms with Gasteiger partial charge in [0.1, 0.15) is 16.4 Å². The molecule has 9 nitrogen and oxygen atoms in total. The van der Waals surface area contributed by atoms with Gasteiger partial charge in [-0.05, 0) is 42.8 Å². The molecule has 0 spiro atoms. The highest BCUT2D eigenvalue weighted by Crippen LogP contribution is 2.39. The molecule has 188 valence electrons. The molecule has 0 aromatic heterocycles. The van der Waals surface area contributed by atoms with Gasteiger partial charge in [0.2, 0.25) is 0 Å². The van der Waals surface area contributed by atoms with Crippen molar-refractivity contribution >= 4 is 27.5 Å². The van der Waals surface area contributed by atoms with Crippen LogP contribution in [-0.4, -0.2) is 46.5 Å². The van der Waals surface area contributed by atoms with Crippen molar-refractivity contribution in [3.8, 4) is 11.5 Å². The molecular weight excluding hydrogens is 482 g/mol. The third-order valence-corrected chi connectivity index (χ3v) is 7.47. The zero-order valence-corrected chi connectivity index (χ0v) is 20.7. The highest BCUT2D eigenvalue weighted by molar-refractivity contribution is 7.93. The third kappa shape index (κ3) is 5.13. The minimum atomic E-state index is -4.25. The molecule has 1 aliphatic rings. The van der Waals surface area contributed by atoms with Gasteiger partial charge in [0.15, 0.2) is 6.10 Å². The first-order valence-corrected chi connectivity index (χ1v) is 12.9. The molecule has 0 saturated heterocycles. The van der Waals surface area contributed by atoms with Crippen LogP contribution in [0.4, 0.5) is 5.69 Å². The second-order valence-corrected chi connectivity index (χ2v) is 9.87. The third-order valence-electron chi connectivity index (χ3n) is 5.67. The largest absolute Gasteiger partial charge is 0.495 e. The average molecular weight is 510 g/mol. The summed E-state index contributed by atoms with van der Waals surface area (Å²) in [4.78, 5) is 25.2. The number of nitrogens with zero attached hydrogens (tertiary/aromatic N) is 1. The second-order valence-electron chi connectivity index (χ2n) is 8.04. The van der Waals surface area contributed by atoms with Crippen LogP contribution in [0.1, 0.15) is 22.8 Å². The fourth-order valence-electron chi connectivity index (χ4n) is 3.87. The van der Waals surface area contributed by atoms with Crippen molar-refractivity contribution in [3.63, 3.8) is 0 Å². The summed E-state index contributed by atoms with van der Waals surface area (Å²) in [7, 11) is -2.90. The highest BCUT2D eigenvalue weighted by Gasteiger charge is 2.38. The molecule has 3 aromatic rings. The van der Waals surface area contributed by atoms with Crippen molar-refractivity contribution in [1.82, 2.24) is 10.6 Å². The molecular formula is C26H27N3O6S. The molecule has 1 unspecified atom stereocenters. The van der Waals surface area contributed by atoms with E-state index in [0.717, 1.165) is 9.87 Å². The Morgan fingerprint density at radius 1 is 1.03 bits per heavy atom. The molecule has 0 saturated carbocycles. The van der Waals surface area contributed by atoms with Gasteiger partial charge in [-0.3, -0.25) is 13.9 Å². The van der Waals surface area contributed by atoms with E-state index < -0.39 is 27.9 Å². The van der Waals surface area contributed by atoms with Crippen molar-refractivity contribution in [2.24, 2.45) is 0 Å². The van der Waals surface area contributed by atoms with E-state index in [2.05, 4.69) is 10.6 Å². The van der Waals surface area contributed by atoms with E-state index in [1.165, 1.54) is 25.3 Å². The Balaban J connectivity index is 1.68. The first-order valence-electron chi connectivity index (χ1n) is 11.4. The Labute approximate surface area is 210 Å². The van der Waals surface area contributed by atoms with Crippen LogP contribution in [0.2, 0.25) is 0 Å². The summed E-state index contributed by atoms with van der Waals surface area (Å²) in [5.74, 6) is -0.517. The Bertz CT molecular complexity index is 1360. The summed E-state index contributed by atoms with van der Waals surface area (Å²) in [6.45, 7) is 2.18. The van der Waals surface area contributed by atoms with E-state index >= 15 is 0 Å². The molecule has 36 heavy (non-hydrogen) atoms. The Morgan fingerprint density at radius 3 is 2.47 bits per heavy atom. The number of carbonyl (C=O) groups is 2. The molecule has 4 rings (SSSR count). The quantitative estimate of drug-likeness (QED) is 0.483. The molecule has 2 amide bonds. The molecule has 0 fully saturated rings. The first-order chi connectivity index (χ1) is 17.3. The smallest absolute Gasteiger partial charge is 0.268 e. The summed E-state index contributed by atoms with van der Waals surface area (Å²) in [5, 5.41) is 5.47.